The highest BCUT2D eigenvalue weighted by Crippen LogP contribution is 2.14. The highest BCUT2D eigenvalue weighted by atomic mass is 35.5. The Balaban J connectivity index is 1.48. The summed E-state index contributed by atoms with van der Waals surface area (Å²) in [4.78, 5) is 32.4. The standard InChI is InChI=1S/C17H19ClN4O3/c1-12-19-15(25-20-12)6-7-16(23)21-8-10-22(11-9-21)17(24)13-2-4-14(18)5-3-13/h2-5H,6-11H2,1H3. The predicted octanol–water partition coefficient (Wildman–Crippen LogP) is 1.95. The van der Waals surface area contributed by atoms with Crippen LogP contribution >= 0.6 is 11.6 Å². The highest BCUT2D eigenvalue weighted by molar-refractivity contribution is 6.30. The summed E-state index contributed by atoms with van der Waals surface area (Å²) in [6, 6.07) is 6.84. The summed E-state index contributed by atoms with van der Waals surface area (Å²) in [7, 11) is 0. The van der Waals surface area contributed by atoms with Gasteiger partial charge in [0.1, 0.15) is 0 Å². The normalized spacial score (nSPS) is 14.6. The fourth-order valence-electron chi connectivity index (χ4n) is 2.75. The molecule has 2 aromatic rings. The zero-order valence-corrected chi connectivity index (χ0v) is 14.7. The second-order valence-corrected chi connectivity index (χ2v) is 6.35. The van der Waals surface area contributed by atoms with Gasteiger partial charge in [0.2, 0.25) is 11.8 Å². The van der Waals surface area contributed by atoms with Crippen LogP contribution < -0.4 is 0 Å². The van der Waals surface area contributed by atoms with E-state index >= 15 is 0 Å². The summed E-state index contributed by atoms with van der Waals surface area (Å²) in [5.41, 5.74) is 0.607. The predicted molar refractivity (Wildman–Crippen MR) is 91.3 cm³/mol. The van der Waals surface area contributed by atoms with E-state index in [-0.39, 0.29) is 11.8 Å². The van der Waals surface area contributed by atoms with Crippen molar-refractivity contribution in [3.05, 3.63) is 46.6 Å². The van der Waals surface area contributed by atoms with Crippen molar-refractivity contribution in [2.45, 2.75) is 19.8 Å². The highest BCUT2D eigenvalue weighted by Gasteiger charge is 2.25. The van der Waals surface area contributed by atoms with Crippen LogP contribution in [0.5, 0.6) is 0 Å². The van der Waals surface area contributed by atoms with Crippen LogP contribution in [0.25, 0.3) is 0 Å². The molecule has 0 aliphatic carbocycles. The number of hydrogen-bond acceptors (Lipinski definition) is 5. The van der Waals surface area contributed by atoms with Gasteiger partial charge >= 0.3 is 0 Å². The summed E-state index contributed by atoms with van der Waals surface area (Å²) in [6.07, 6.45) is 0.760. The molecule has 8 heteroatoms. The first-order chi connectivity index (χ1) is 12.0. The van der Waals surface area contributed by atoms with Crippen LogP contribution in [0.4, 0.5) is 0 Å². The van der Waals surface area contributed by atoms with Crippen molar-refractivity contribution >= 4 is 23.4 Å². The van der Waals surface area contributed by atoms with Crippen LogP contribution in [0.3, 0.4) is 0 Å². The number of benzene rings is 1. The van der Waals surface area contributed by atoms with Gasteiger partial charge in [0.15, 0.2) is 5.82 Å². The molecule has 0 unspecified atom stereocenters. The molecular weight excluding hydrogens is 344 g/mol. The van der Waals surface area contributed by atoms with Crippen molar-refractivity contribution in [2.75, 3.05) is 26.2 Å². The van der Waals surface area contributed by atoms with E-state index in [9.17, 15) is 9.59 Å². The molecular formula is C17H19ClN4O3. The van der Waals surface area contributed by atoms with Crippen molar-refractivity contribution in [3.8, 4) is 0 Å². The van der Waals surface area contributed by atoms with E-state index in [0.717, 1.165) is 0 Å². The van der Waals surface area contributed by atoms with Crippen molar-refractivity contribution < 1.29 is 14.1 Å². The van der Waals surface area contributed by atoms with E-state index in [1.807, 2.05) is 0 Å². The van der Waals surface area contributed by atoms with E-state index in [0.29, 0.717) is 61.3 Å². The third kappa shape index (κ3) is 4.36. The number of piperazine rings is 1. The SMILES string of the molecule is Cc1noc(CCC(=O)N2CCN(C(=O)c3ccc(Cl)cc3)CC2)n1. The molecule has 3 rings (SSSR count). The van der Waals surface area contributed by atoms with Crippen molar-refractivity contribution in [3.63, 3.8) is 0 Å². The van der Waals surface area contributed by atoms with Crippen LogP contribution in [0, 0.1) is 6.92 Å². The molecule has 2 heterocycles. The van der Waals surface area contributed by atoms with E-state index in [1.54, 1.807) is 41.0 Å². The van der Waals surface area contributed by atoms with Crippen LogP contribution in [-0.2, 0) is 11.2 Å². The molecule has 2 amide bonds. The largest absolute Gasteiger partial charge is 0.339 e. The van der Waals surface area contributed by atoms with Gasteiger partial charge in [-0.1, -0.05) is 16.8 Å². The molecule has 0 N–H and O–H groups in total. The lowest BCUT2D eigenvalue weighted by molar-refractivity contribution is -0.132. The molecule has 1 saturated heterocycles. The van der Waals surface area contributed by atoms with E-state index < -0.39 is 0 Å². The van der Waals surface area contributed by atoms with E-state index in [2.05, 4.69) is 10.1 Å². The Morgan fingerprint density at radius 1 is 1.12 bits per heavy atom. The molecule has 1 aromatic carbocycles. The zero-order chi connectivity index (χ0) is 17.8. The number of hydrogen-bond donors (Lipinski definition) is 0. The monoisotopic (exact) mass is 362 g/mol. The van der Waals surface area contributed by atoms with Crippen LogP contribution in [0.2, 0.25) is 5.02 Å². The zero-order valence-electron chi connectivity index (χ0n) is 13.9. The lowest BCUT2D eigenvalue weighted by Crippen LogP contribution is -2.50. The van der Waals surface area contributed by atoms with Gasteiger partial charge in [-0.2, -0.15) is 4.98 Å². The summed E-state index contributed by atoms with van der Waals surface area (Å²) in [5, 5.41) is 4.31. The number of aryl methyl sites for hydroxylation is 2. The van der Waals surface area contributed by atoms with Crippen molar-refractivity contribution in [2.24, 2.45) is 0 Å². The van der Waals surface area contributed by atoms with Gasteiger partial charge in [-0.3, -0.25) is 9.59 Å². The maximum Gasteiger partial charge on any atom is 0.253 e. The lowest BCUT2D eigenvalue weighted by Gasteiger charge is -2.34. The molecule has 0 bridgehead atoms. The van der Waals surface area contributed by atoms with Gasteiger partial charge in [0, 0.05) is 49.6 Å². The first-order valence-corrected chi connectivity index (χ1v) is 8.52. The van der Waals surface area contributed by atoms with Gasteiger partial charge in [-0.05, 0) is 31.2 Å². The number of aromatic nitrogens is 2. The number of carbonyl (C=O) groups is 2. The topological polar surface area (TPSA) is 79.5 Å². The number of nitrogens with zero attached hydrogens (tertiary/aromatic N) is 4. The van der Waals surface area contributed by atoms with Gasteiger partial charge in [-0.15, -0.1) is 0 Å². The molecule has 0 radical (unpaired) electrons. The minimum absolute atomic E-state index is 0.0365. The molecule has 1 fully saturated rings. The molecule has 1 aliphatic heterocycles. The molecule has 1 aromatic heterocycles. The maximum atomic E-state index is 12.5. The Kier molecular flexibility index (Phi) is 5.33. The third-order valence-electron chi connectivity index (χ3n) is 4.13. The van der Waals surface area contributed by atoms with Crippen LogP contribution in [0.15, 0.2) is 28.8 Å². The fourth-order valence-corrected chi connectivity index (χ4v) is 2.87. The molecule has 7 nitrogen and oxygen atoms in total. The number of carbonyl (C=O) groups excluding carboxylic acids is 2. The van der Waals surface area contributed by atoms with Crippen LogP contribution in [-0.4, -0.2) is 57.9 Å². The van der Waals surface area contributed by atoms with Crippen molar-refractivity contribution in [1.82, 2.24) is 19.9 Å². The summed E-state index contributed by atoms with van der Waals surface area (Å²) < 4.78 is 5.01. The Hall–Kier alpha value is -2.41. The van der Waals surface area contributed by atoms with E-state index in [4.69, 9.17) is 16.1 Å². The first kappa shape index (κ1) is 17.4. The summed E-state index contributed by atoms with van der Waals surface area (Å²) in [5.74, 6) is 1.04. The second kappa shape index (κ2) is 7.65. The summed E-state index contributed by atoms with van der Waals surface area (Å²) in [6.45, 7) is 3.84. The molecule has 25 heavy (non-hydrogen) atoms. The quantitative estimate of drug-likeness (QED) is 0.830. The minimum Gasteiger partial charge on any atom is -0.339 e. The fraction of sp³-hybridized carbons (Fsp3) is 0.412. The van der Waals surface area contributed by atoms with Gasteiger partial charge in [0.05, 0.1) is 0 Å². The second-order valence-electron chi connectivity index (χ2n) is 5.92. The molecule has 0 spiro atoms. The Morgan fingerprint density at radius 3 is 2.36 bits per heavy atom. The Bertz CT molecular complexity index is 752. The van der Waals surface area contributed by atoms with Crippen LogP contribution in [0.1, 0.15) is 28.5 Å². The average molecular weight is 363 g/mol. The summed E-state index contributed by atoms with van der Waals surface area (Å²) >= 11 is 5.85. The Labute approximate surface area is 150 Å². The lowest BCUT2D eigenvalue weighted by atomic mass is 10.1. The Morgan fingerprint density at radius 2 is 1.76 bits per heavy atom. The van der Waals surface area contributed by atoms with Gasteiger partial charge < -0.3 is 14.3 Å². The third-order valence-corrected chi connectivity index (χ3v) is 4.39. The number of amides is 2. The first-order valence-electron chi connectivity index (χ1n) is 8.15. The van der Waals surface area contributed by atoms with Gasteiger partial charge in [0.25, 0.3) is 5.91 Å². The van der Waals surface area contributed by atoms with Gasteiger partial charge in [-0.25, -0.2) is 0 Å². The number of rotatable bonds is 4. The molecule has 132 valence electrons. The number of halogens is 1. The molecule has 1 aliphatic rings. The maximum absolute atomic E-state index is 12.5. The molecule has 0 atom stereocenters. The smallest absolute Gasteiger partial charge is 0.253 e. The van der Waals surface area contributed by atoms with Crippen molar-refractivity contribution in [1.29, 1.82) is 0 Å². The minimum atomic E-state index is -0.0369. The molecule has 0 saturated carbocycles. The van der Waals surface area contributed by atoms with E-state index in [1.165, 1.54) is 0 Å². The average Bonchev–Trinajstić information content (AvgIpc) is 3.05.